The highest BCUT2D eigenvalue weighted by Crippen LogP contribution is 2.30. The molecule has 0 saturated carbocycles. The van der Waals surface area contributed by atoms with E-state index < -0.39 is 6.10 Å². The molecule has 1 amide bonds. The number of likely N-dealkylation sites (tertiary alicyclic amines) is 1. The van der Waals surface area contributed by atoms with E-state index in [-0.39, 0.29) is 11.9 Å². The summed E-state index contributed by atoms with van der Waals surface area (Å²) < 4.78 is 1.91. The first-order valence-corrected chi connectivity index (χ1v) is 10.6. The first-order valence-electron chi connectivity index (χ1n) is 10.6. The van der Waals surface area contributed by atoms with Crippen molar-refractivity contribution in [3.63, 3.8) is 0 Å². The Hall–Kier alpha value is -3.66. The van der Waals surface area contributed by atoms with Crippen LogP contribution in [0.25, 0.3) is 33.3 Å². The third-order valence-electron chi connectivity index (χ3n) is 6.04. The summed E-state index contributed by atoms with van der Waals surface area (Å²) >= 11 is 0. The summed E-state index contributed by atoms with van der Waals surface area (Å²) in [7, 11) is 0. The van der Waals surface area contributed by atoms with E-state index in [0.717, 1.165) is 46.2 Å². The number of amides is 1. The molecule has 4 aromatic rings. The number of aliphatic hydroxyl groups excluding tert-OH is 1. The summed E-state index contributed by atoms with van der Waals surface area (Å²) in [5.74, 6) is 0.265. The normalized spacial score (nSPS) is 16.0. The zero-order valence-corrected chi connectivity index (χ0v) is 17.9. The second kappa shape index (κ2) is 7.79. The van der Waals surface area contributed by atoms with Gasteiger partial charge in [-0.15, -0.1) is 5.10 Å². The molecule has 10 heteroatoms. The fourth-order valence-electron chi connectivity index (χ4n) is 4.22. The van der Waals surface area contributed by atoms with E-state index >= 15 is 0 Å². The highest BCUT2D eigenvalue weighted by molar-refractivity contribution is 5.99. The zero-order valence-electron chi connectivity index (χ0n) is 17.9. The molecule has 0 aromatic carbocycles. The van der Waals surface area contributed by atoms with Crippen molar-refractivity contribution in [3.8, 4) is 11.3 Å². The van der Waals surface area contributed by atoms with Crippen molar-refractivity contribution in [2.75, 3.05) is 18.8 Å². The summed E-state index contributed by atoms with van der Waals surface area (Å²) in [6.07, 6.45) is 3.89. The Balaban J connectivity index is 1.54. The quantitative estimate of drug-likeness (QED) is 0.501. The Labute approximate surface area is 184 Å². The van der Waals surface area contributed by atoms with Crippen LogP contribution in [-0.4, -0.2) is 65.1 Å². The number of pyridine rings is 3. The Morgan fingerprint density at radius 2 is 1.97 bits per heavy atom. The topological polar surface area (TPSA) is 136 Å². The molecule has 1 aliphatic rings. The minimum absolute atomic E-state index is 0.0783. The molecule has 32 heavy (non-hydrogen) atoms. The van der Waals surface area contributed by atoms with E-state index in [0.29, 0.717) is 24.4 Å². The second-order valence-corrected chi connectivity index (χ2v) is 8.25. The van der Waals surface area contributed by atoms with Crippen LogP contribution < -0.4 is 5.73 Å². The number of aryl methyl sites for hydroxylation is 1. The van der Waals surface area contributed by atoms with Crippen molar-refractivity contribution >= 4 is 33.8 Å². The largest absolute Gasteiger partial charge is 0.384 e. The molecular formula is C22H24N8O2. The molecule has 0 aliphatic carbocycles. The van der Waals surface area contributed by atoms with Gasteiger partial charge in [0.25, 0.3) is 5.91 Å². The monoisotopic (exact) mass is 432 g/mol. The minimum atomic E-state index is -0.983. The van der Waals surface area contributed by atoms with Crippen molar-refractivity contribution in [3.05, 3.63) is 36.2 Å². The van der Waals surface area contributed by atoms with Crippen molar-refractivity contribution in [1.29, 1.82) is 0 Å². The maximum Gasteiger partial charge on any atom is 0.251 e. The van der Waals surface area contributed by atoms with Crippen LogP contribution >= 0.6 is 0 Å². The molecular weight excluding hydrogens is 408 g/mol. The molecule has 0 radical (unpaired) electrons. The number of rotatable bonds is 3. The maximum absolute atomic E-state index is 12.1. The van der Waals surface area contributed by atoms with Gasteiger partial charge in [0.05, 0.1) is 23.4 Å². The molecule has 1 saturated heterocycles. The first kappa shape index (κ1) is 20.3. The number of carbonyl (C=O) groups excluding carboxylic acids is 1. The average molecular weight is 432 g/mol. The fourth-order valence-corrected chi connectivity index (χ4v) is 4.22. The van der Waals surface area contributed by atoms with Gasteiger partial charge in [-0.1, -0.05) is 5.21 Å². The van der Waals surface area contributed by atoms with Crippen molar-refractivity contribution < 1.29 is 9.90 Å². The van der Waals surface area contributed by atoms with Crippen LogP contribution in [0.1, 0.15) is 31.4 Å². The summed E-state index contributed by atoms with van der Waals surface area (Å²) in [6, 6.07) is 5.90. The van der Waals surface area contributed by atoms with Crippen molar-refractivity contribution in [2.24, 2.45) is 0 Å². The van der Waals surface area contributed by atoms with E-state index in [1.54, 1.807) is 17.3 Å². The number of aromatic nitrogens is 6. The van der Waals surface area contributed by atoms with Gasteiger partial charge < -0.3 is 15.7 Å². The third-order valence-corrected chi connectivity index (χ3v) is 6.04. The number of nitrogens with two attached hydrogens (primary N) is 1. The average Bonchev–Trinajstić information content (AvgIpc) is 3.25. The molecule has 3 N–H and O–H groups in total. The van der Waals surface area contributed by atoms with Crippen LogP contribution in [0.4, 0.5) is 5.82 Å². The van der Waals surface area contributed by atoms with E-state index in [1.165, 1.54) is 6.92 Å². The van der Waals surface area contributed by atoms with E-state index in [1.807, 2.05) is 29.8 Å². The van der Waals surface area contributed by atoms with Crippen LogP contribution in [0.3, 0.4) is 0 Å². The van der Waals surface area contributed by atoms with Gasteiger partial charge in [-0.2, -0.15) is 0 Å². The molecule has 1 atom stereocenters. The number of hydrogen-bond acceptors (Lipinski definition) is 8. The lowest BCUT2D eigenvalue weighted by Gasteiger charge is -2.32. The van der Waals surface area contributed by atoms with Crippen LogP contribution in [0.5, 0.6) is 0 Å². The highest BCUT2D eigenvalue weighted by Gasteiger charge is 2.28. The number of aliphatic hydroxyl groups is 1. The summed E-state index contributed by atoms with van der Waals surface area (Å²) in [4.78, 5) is 27.5. The van der Waals surface area contributed by atoms with Gasteiger partial charge in [0.15, 0.2) is 0 Å². The van der Waals surface area contributed by atoms with Gasteiger partial charge in [0.1, 0.15) is 28.5 Å². The summed E-state index contributed by atoms with van der Waals surface area (Å²) in [5.41, 5.74) is 11.4. The highest BCUT2D eigenvalue weighted by atomic mass is 16.3. The first-order chi connectivity index (χ1) is 15.4. The van der Waals surface area contributed by atoms with Gasteiger partial charge in [0.2, 0.25) is 0 Å². The number of anilines is 1. The third kappa shape index (κ3) is 3.42. The minimum Gasteiger partial charge on any atom is -0.384 e. The molecule has 1 fully saturated rings. The molecule has 5 rings (SSSR count). The lowest BCUT2D eigenvalue weighted by atomic mass is 10.0. The van der Waals surface area contributed by atoms with E-state index in [2.05, 4.69) is 20.3 Å². The van der Waals surface area contributed by atoms with Crippen molar-refractivity contribution in [1.82, 2.24) is 34.8 Å². The molecule has 0 bridgehead atoms. The SMILES string of the molecule is Cc1cc(-c2ccc3ncc4nnn(C5CCN(C(=O)C(C)O)CC5)c4c3n2)cnc1N. The van der Waals surface area contributed by atoms with Gasteiger partial charge in [0, 0.05) is 24.8 Å². The number of hydrogen-bond donors (Lipinski definition) is 2. The molecule has 4 aromatic heterocycles. The molecule has 1 unspecified atom stereocenters. The molecule has 5 heterocycles. The van der Waals surface area contributed by atoms with Crippen LogP contribution in [0.2, 0.25) is 0 Å². The predicted molar refractivity (Wildman–Crippen MR) is 120 cm³/mol. The Bertz CT molecular complexity index is 1320. The number of piperidine rings is 1. The van der Waals surface area contributed by atoms with Gasteiger partial charge in [-0.25, -0.2) is 14.6 Å². The Kier molecular flexibility index (Phi) is 4.93. The Morgan fingerprint density at radius 1 is 1.19 bits per heavy atom. The fraction of sp³-hybridized carbons (Fsp3) is 0.364. The lowest BCUT2D eigenvalue weighted by Crippen LogP contribution is -2.43. The molecule has 10 nitrogen and oxygen atoms in total. The summed E-state index contributed by atoms with van der Waals surface area (Å²) in [5, 5.41) is 18.3. The lowest BCUT2D eigenvalue weighted by molar-refractivity contribution is -0.140. The van der Waals surface area contributed by atoms with Crippen LogP contribution in [0, 0.1) is 6.92 Å². The molecule has 164 valence electrons. The molecule has 1 aliphatic heterocycles. The molecule has 0 spiro atoms. The van der Waals surface area contributed by atoms with Crippen LogP contribution in [0.15, 0.2) is 30.6 Å². The Morgan fingerprint density at radius 3 is 2.69 bits per heavy atom. The summed E-state index contributed by atoms with van der Waals surface area (Å²) in [6.45, 7) is 4.54. The van der Waals surface area contributed by atoms with Gasteiger partial charge in [-0.05, 0) is 50.5 Å². The van der Waals surface area contributed by atoms with Crippen molar-refractivity contribution in [2.45, 2.75) is 38.8 Å². The predicted octanol–water partition coefficient (Wildman–Crippen LogP) is 1.87. The van der Waals surface area contributed by atoms with Crippen LogP contribution in [-0.2, 0) is 4.79 Å². The second-order valence-electron chi connectivity index (χ2n) is 8.25. The zero-order chi connectivity index (χ0) is 22.4. The van der Waals surface area contributed by atoms with E-state index in [9.17, 15) is 9.90 Å². The number of nitrogens with zero attached hydrogens (tertiary/aromatic N) is 7. The number of carbonyl (C=O) groups is 1. The maximum atomic E-state index is 12.1. The number of nitrogen functional groups attached to an aromatic ring is 1. The number of fused-ring (bicyclic) bond motifs is 3. The van der Waals surface area contributed by atoms with E-state index in [4.69, 9.17) is 10.7 Å². The van der Waals surface area contributed by atoms with Gasteiger partial charge in [-0.3, -0.25) is 9.78 Å². The smallest absolute Gasteiger partial charge is 0.251 e. The standard InChI is InChI=1S/C22H24N8O2/c1-12-9-14(10-25-21(12)23)16-3-4-17-19(26-16)20-18(11-24-17)27-28-30(20)15-5-7-29(8-6-15)22(32)13(2)31/h3-4,9-11,13,15,31H,5-8H2,1-2H3,(H2,23,25). The van der Waals surface area contributed by atoms with Gasteiger partial charge >= 0.3 is 0 Å².